The molecule has 2 aliphatic heterocycles. The van der Waals surface area contributed by atoms with Gasteiger partial charge in [-0.3, -0.25) is 19.3 Å². The molecule has 6 atom stereocenters. The van der Waals surface area contributed by atoms with Crippen LogP contribution >= 0.6 is 0 Å². The fourth-order valence-electron chi connectivity index (χ4n) is 9.44. The third kappa shape index (κ3) is 5.23. The molecule has 2 aromatic heterocycles. The SMILES string of the molecule is COC(=O)C(C)(C)Cn1cccc(-c2nc3ccccc3n(C3C[C@H]4CCC[C@@H](C3)N4C3C[C@H]4CCC[C@@H](C3)C4)c2=O)c1=O. The van der Waals surface area contributed by atoms with Gasteiger partial charge in [-0.2, -0.15) is 0 Å². The van der Waals surface area contributed by atoms with E-state index >= 15 is 0 Å². The molecule has 0 radical (unpaired) electrons. The second-order valence-corrected chi connectivity index (χ2v) is 14.7. The number of methoxy groups -OCH3 is 1. The fourth-order valence-corrected chi connectivity index (χ4v) is 9.44. The molecule has 1 aromatic carbocycles. The van der Waals surface area contributed by atoms with Crippen LogP contribution in [0, 0.1) is 17.3 Å². The lowest BCUT2D eigenvalue weighted by Gasteiger charge is -2.55. The minimum absolute atomic E-state index is 0.0629. The maximum Gasteiger partial charge on any atom is 0.313 e. The smallest absolute Gasteiger partial charge is 0.313 e. The Morgan fingerprint density at radius 3 is 2.23 bits per heavy atom. The van der Waals surface area contributed by atoms with E-state index < -0.39 is 11.4 Å². The number of nitrogens with zero attached hydrogens (tertiary/aromatic N) is 4. The van der Waals surface area contributed by atoms with Crippen molar-refractivity contribution in [3.05, 3.63) is 63.3 Å². The van der Waals surface area contributed by atoms with Crippen LogP contribution in [0.3, 0.4) is 0 Å². The Kier molecular flexibility index (Phi) is 7.76. The van der Waals surface area contributed by atoms with Gasteiger partial charge < -0.3 is 13.9 Å². The number of hydrogen-bond acceptors (Lipinski definition) is 6. The van der Waals surface area contributed by atoms with Crippen LogP contribution in [0.2, 0.25) is 0 Å². The molecular weight excluding hydrogens is 552 g/mol. The van der Waals surface area contributed by atoms with Gasteiger partial charge in [0.1, 0.15) is 5.69 Å². The monoisotopic (exact) mass is 598 g/mol. The molecule has 2 saturated heterocycles. The van der Waals surface area contributed by atoms with Crippen molar-refractivity contribution in [2.45, 2.75) is 115 Å². The number of para-hydroxylation sites is 2. The summed E-state index contributed by atoms with van der Waals surface area (Å²) in [6.07, 6.45) is 15.6. The highest BCUT2D eigenvalue weighted by atomic mass is 16.5. The number of fused-ring (bicyclic) bond motifs is 5. The van der Waals surface area contributed by atoms with Crippen LogP contribution in [0.4, 0.5) is 0 Å². The zero-order valence-corrected chi connectivity index (χ0v) is 26.4. The molecule has 0 N–H and O–H groups in total. The zero-order valence-electron chi connectivity index (χ0n) is 26.4. The molecule has 8 heteroatoms. The van der Waals surface area contributed by atoms with Gasteiger partial charge in [0, 0.05) is 36.9 Å². The molecule has 234 valence electrons. The molecule has 0 amide bonds. The molecule has 4 aliphatic rings. The Hall–Kier alpha value is -3.26. The quantitative estimate of drug-likeness (QED) is 0.326. The van der Waals surface area contributed by atoms with Crippen LogP contribution in [0.1, 0.15) is 90.5 Å². The first-order valence-corrected chi connectivity index (χ1v) is 16.8. The number of esters is 1. The Bertz CT molecular complexity index is 1650. The predicted molar refractivity (Wildman–Crippen MR) is 172 cm³/mol. The summed E-state index contributed by atoms with van der Waals surface area (Å²) in [7, 11) is 1.35. The average molecular weight is 599 g/mol. The lowest BCUT2D eigenvalue weighted by molar-refractivity contribution is -0.151. The number of carbonyl (C=O) groups excluding carboxylic acids is 1. The summed E-state index contributed by atoms with van der Waals surface area (Å²) in [6.45, 7) is 3.64. The first kappa shape index (κ1) is 29.5. The lowest BCUT2D eigenvalue weighted by Crippen LogP contribution is -2.58. The van der Waals surface area contributed by atoms with Crippen LogP contribution in [-0.2, 0) is 16.1 Å². The van der Waals surface area contributed by atoms with Crippen molar-refractivity contribution >= 4 is 17.0 Å². The van der Waals surface area contributed by atoms with Gasteiger partial charge in [-0.1, -0.05) is 37.8 Å². The largest absolute Gasteiger partial charge is 0.469 e. The fraction of sp³-hybridized carbons (Fsp3) is 0.611. The maximum absolute atomic E-state index is 14.5. The van der Waals surface area contributed by atoms with Gasteiger partial charge in [0.15, 0.2) is 0 Å². The summed E-state index contributed by atoms with van der Waals surface area (Å²) < 4.78 is 8.44. The van der Waals surface area contributed by atoms with E-state index in [-0.39, 0.29) is 35.0 Å². The molecule has 0 spiro atoms. The molecule has 2 unspecified atom stereocenters. The van der Waals surface area contributed by atoms with E-state index in [1.54, 1.807) is 32.2 Å². The van der Waals surface area contributed by atoms with Gasteiger partial charge in [-0.25, -0.2) is 4.98 Å². The van der Waals surface area contributed by atoms with Crippen LogP contribution in [-0.4, -0.2) is 50.2 Å². The molecule has 8 nitrogen and oxygen atoms in total. The van der Waals surface area contributed by atoms with Gasteiger partial charge in [-0.15, -0.1) is 0 Å². The zero-order chi connectivity index (χ0) is 30.6. The molecule has 7 rings (SSSR count). The Balaban J connectivity index is 1.25. The van der Waals surface area contributed by atoms with Crippen molar-refractivity contribution in [2.24, 2.45) is 17.3 Å². The van der Waals surface area contributed by atoms with E-state index in [2.05, 4.69) is 4.90 Å². The van der Waals surface area contributed by atoms with Gasteiger partial charge >= 0.3 is 5.97 Å². The molecule has 3 aromatic rings. The number of piperidine rings is 2. The average Bonchev–Trinajstić information content (AvgIpc) is 3.00. The van der Waals surface area contributed by atoms with Crippen LogP contribution in [0.25, 0.3) is 22.3 Å². The van der Waals surface area contributed by atoms with E-state index in [4.69, 9.17) is 9.72 Å². The summed E-state index contributed by atoms with van der Waals surface area (Å²) in [5.41, 5.74) is 0.583. The number of benzene rings is 1. The number of hydrogen-bond donors (Lipinski definition) is 0. The maximum atomic E-state index is 14.5. The molecule has 2 saturated carbocycles. The molecule has 2 aliphatic carbocycles. The summed E-state index contributed by atoms with van der Waals surface area (Å²) in [4.78, 5) is 48.4. The van der Waals surface area contributed by atoms with E-state index in [0.717, 1.165) is 35.7 Å². The first-order valence-electron chi connectivity index (χ1n) is 16.8. The number of carbonyl (C=O) groups is 1. The highest BCUT2D eigenvalue weighted by Crippen LogP contribution is 2.47. The van der Waals surface area contributed by atoms with Crippen molar-refractivity contribution in [1.82, 2.24) is 19.0 Å². The van der Waals surface area contributed by atoms with Gasteiger partial charge in [0.05, 0.1) is 29.1 Å². The van der Waals surface area contributed by atoms with Crippen LogP contribution in [0.15, 0.2) is 52.2 Å². The van der Waals surface area contributed by atoms with Gasteiger partial charge in [-0.05, 0) is 94.9 Å². The number of pyridine rings is 1. The number of rotatable bonds is 6. The van der Waals surface area contributed by atoms with E-state index in [9.17, 15) is 14.4 Å². The molecular formula is C36H46N4O4. The predicted octanol–water partition coefficient (Wildman–Crippen LogP) is 5.95. The highest BCUT2D eigenvalue weighted by molar-refractivity contribution is 5.78. The first-order chi connectivity index (χ1) is 21.2. The summed E-state index contributed by atoms with van der Waals surface area (Å²) in [5.74, 6) is 1.40. The topological polar surface area (TPSA) is 86.4 Å². The van der Waals surface area contributed by atoms with E-state index in [1.165, 1.54) is 69.5 Å². The minimum Gasteiger partial charge on any atom is -0.469 e. The third-order valence-electron chi connectivity index (χ3n) is 11.3. The Morgan fingerprint density at radius 2 is 1.52 bits per heavy atom. The molecule has 4 bridgehead atoms. The summed E-state index contributed by atoms with van der Waals surface area (Å²) in [5, 5.41) is 0. The number of aromatic nitrogens is 3. The summed E-state index contributed by atoms with van der Waals surface area (Å²) in [6, 6.07) is 13.0. The lowest BCUT2D eigenvalue weighted by atomic mass is 9.68. The second-order valence-electron chi connectivity index (χ2n) is 14.7. The Labute approximate surface area is 259 Å². The second kappa shape index (κ2) is 11.6. The molecule has 4 fully saturated rings. The van der Waals surface area contributed by atoms with Crippen molar-refractivity contribution in [3.8, 4) is 11.3 Å². The van der Waals surface area contributed by atoms with Crippen molar-refractivity contribution < 1.29 is 9.53 Å². The normalized spacial score (nSPS) is 29.0. The van der Waals surface area contributed by atoms with Crippen LogP contribution < -0.4 is 11.1 Å². The van der Waals surface area contributed by atoms with E-state index in [1.807, 2.05) is 28.8 Å². The van der Waals surface area contributed by atoms with Crippen LogP contribution in [0.5, 0.6) is 0 Å². The van der Waals surface area contributed by atoms with Gasteiger partial charge in [0.25, 0.3) is 11.1 Å². The van der Waals surface area contributed by atoms with Gasteiger partial charge in [0.2, 0.25) is 0 Å². The minimum atomic E-state index is -0.906. The van der Waals surface area contributed by atoms with Crippen molar-refractivity contribution in [2.75, 3.05) is 7.11 Å². The Morgan fingerprint density at radius 1 is 0.841 bits per heavy atom. The van der Waals surface area contributed by atoms with Crippen molar-refractivity contribution in [1.29, 1.82) is 0 Å². The van der Waals surface area contributed by atoms with E-state index in [0.29, 0.717) is 18.1 Å². The highest BCUT2D eigenvalue weighted by Gasteiger charge is 2.45. The van der Waals surface area contributed by atoms with Crippen molar-refractivity contribution in [3.63, 3.8) is 0 Å². The summed E-state index contributed by atoms with van der Waals surface area (Å²) >= 11 is 0. The standard InChI is InChI=1S/C36H46N4O4/c1-36(2,35(43)44-3)22-38-16-8-13-29(33(38)41)32-34(42)40(31-15-5-4-14-30(31)37-32)28-20-25-11-7-12-26(21-28)39(25)27-18-23-9-6-10-24(17-23)19-27/h4-5,8,13-16,23-28H,6-7,9-12,17-22H2,1-3H3/t23-,24+,25-,26+,27?,28?. The third-order valence-corrected chi connectivity index (χ3v) is 11.3. The molecule has 4 heterocycles. The molecule has 44 heavy (non-hydrogen) atoms. The number of ether oxygens (including phenoxy) is 1.